The second-order valence-electron chi connectivity index (χ2n) is 6.28. The maximum absolute atomic E-state index is 12.1. The van der Waals surface area contributed by atoms with Crippen LogP contribution >= 0.6 is 12.4 Å². The van der Waals surface area contributed by atoms with E-state index in [9.17, 15) is 13.2 Å². The first kappa shape index (κ1) is 23.6. The fourth-order valence-electron chi connectivity index (χ4n) is 2.57. The van der Waals surface area contributed by atoms with Crippen LogP contribution in [-0.4, -0.2) is 70.9 Å². The second-order valence-corrected chi connectivity index (χ2v) is 8.20. The number of likely N-dealkylation sites (tertiary alicyclic amines) is 1. The number of amides is 1. The van der Waals surface area contributed by atoms with Crippen molar-refractivity contribution in [1.29, 1.82) is 0 Å². The molecule has 1 rings (SSSR count). The van der Waals surface area contributed by atoms with Gasteiger partial charge in [-0.15, -0.1) is 12.4 Å². The van der Waals surface area contributed by atoms with Crippen molar-refractivity contribution in [3.63, 3.8) is 0 Å². The fourth-order valence-corrected chi connectivity index (χ4v) is 3.37. The summed E-state index contributed by atoms with van der Waals surface area (Å²) in [5.41, 5.74) is 0. The lowest BCUT2D eigenvalue weighted by Crippen LogP contribution is -2.44. The first-order valence-corrected chi connectivity index (χ1v) is 10.0. The van der Waals surface area contributed by atoms with Crippen molar-refractivity contribution in [2.24, 2.45) is 5.92 Å². The molecule has 0 aromatic carbocycles. The predicted octanol–water partition coefficient (Wildman–Crippen LogP) is 0.601. The van der Waals surface area contributed by atoms with Crippen LogP contribution < -0.4 is 10.0 Å². The molecule has 9 heteroatoms. The Bertz CT molecular complexity index is 452. The van der Waals surface area contributed by atoms with Gasteiger partial charge in [-0.3, -0.25) is 4.79 Å². The standard InChI is InChI=1S/C15H31N3O4S.ClH/c1-13(2)22-10-11-23(20,21)17-12-15(19)18-8-5-14(6-9-18)4-7-16-3;/h13-14,16-17H,4-12H2,1-3H3;1H. The molecule has 1 aliphatic heterocycles. The fraction of sp³-hybridized carbons (Fsp3) is 0.933. The minimum absolute atomic E-state index is 0. The van der Waals surface area contributed by atoms with Gasteiger partial charge in [-0.1, -0.05) is 0 Å². The summed E-state index contributed by atoms with van der Waals surface area (Å²) in [5, 5.41) is 3.14. The third kappa shape index (κ3) is 9.78. The molecule has 1 heterocycles. The van der Waals surface area contributed by atoms with Gasteiger partial charge in [0.15, 0.2) is 0 Å². The number of hydrogen-bond donors (Lipinski definition) is 2. The van der Waals surface area contributed by atoms with Gasteiger partial charge < -0.3 is 15.0 Å². The quantitative estimate of drug-likeness (QED) is 0.575. The van der Waals surface area contributed by atoms with Gasteiger partial charge in [0.05, 0.1) is 25.0 Å². The summed E-state index contributed by atoms with van der Waals surface area (Å²) in [5.74, 6) is 0.381. The summed E-state index contributed by atoms with van der Waals surface area (Å²) < 4.78 is 31.2. The average molecular weight is 386 g/mol. The largest absolute Gasteiger partial charge is 0.378 e. The first-order valence-electron chi connectivity index (χ1n) is 8.35. The lowest BCUT2D eigenvalue weighted by atomic mass is 9.93. The summed E-state index contributed by atoms with van der Waals surface area (Å²) in [4.78, 5) is 13.9. The maximum atomic E-state index is 12.1. The van der Waals surface area contributed by atoms with Crippen LogP contribution in [0.4, 0.5) is 0 Å². The Balaban J connectivity index is 0.00000529. The minimum atomic E-state index is -3.46. The molecule has 0 radical (unpaired) electrons. The Hall–Kier alpha value is -0.410. The number of halogens is 1. The summed E-state index contributed by atoms with van der Waals surface area (Å²) in [6, 6.07) is 0. The Morgan fingerprint density at radius 1 is 1.29 bits per heavy atom. The topological polar surface area (TPSA) is 87.7 Å². The highest BCUT2D eigenvalue weighted by Gasteiger charge is 2.23. The van der Waals surface area contributed by atoms with Crippen molar-refractivity contribution in [2.75, 3.05) is 45.6 Å². The zero-order chi connectivity index (χ0) is 17.3. The molecule has 0 aromatic heterocycles. The molecule has 7 nitrogen and oxygen atoms in total. The van der Waals surface area contributed by atoms with Crippen LogP contribution in [0.25, 0.3) is 0 Å². The van der Waals surface area contributed by atoms with E-state index in [0.717, 1.165) is 25.8 Å². The maximum Gasteiger partial charge on any atom is 0.237 e. The van der Waals surface area contributed by atoms with Crippen LogP contribution in [0, 0.1) is 5.92 Å². The van der Waals surface area contributed by atoms with Crippen LogP contribution in [0.1, 0.15) is 33.1 Å². The molecule has 1 saturated heterocycles. The molecule has 0 atom stereocenters. The van der Waals surface area contributed by atoms with Crippen LogP contribution in [0.5, 0.6) is 0 Å². The zero-order valence-electron chi connectivity index (χ0n) is 14.9. The number of carbonyl (C=O) groups excluding carboxylic acids is 1. The second kappa shape index (κ2) is 12.0. The Morgan fingerprint density at radius 2 is 1.92 bits per heavy atom. The van der Waals surface area contributed by atoms with E-state index in [-0.39, 0.29) is 43.3 Å². The van der Waals surface area contributed by atoms with Crippen molar-refractivity contribution in [2.45, 2.75) is 39.2 Å². The van der Waals surface area contributed by atoms with Crippen LogP contribution in [-0.2, 0) is 19.6 Å². The predicted molar refractivity (Wildman–Crippen MR) is 98.0 cm³/mol. The van der Waals surface area contributed by atoms with Gasteiger partial charge in [0.25, 0.3) is 0 Å². The van der Waals surface area contributed by atoms with E-state index in [1.54, 1.807) is 4.90 Å². The van der Waals surface area contributed by atoms with Gasteiger partial charge >= 0.3 is 0 Å². The molecule has 1 fully saturated rings. The number of nitrogens with one attached hydrogen (secondary N) is 2. The van der Waals surface area contributed by atoms with E-state index in [0.29, 0.717) is 19.0 Å². The molecular formula is C15H32ClN3O4S. The Kier molecular flexibility index (Phi) is 11.8. The highest BCUT2D eigenvalue weighted by atomic mass is 35.5. The molecule has 0 bridgehead atoms. The SMILES string of the molecule is CNCCC1CCN(C(=O)CNS(=O)(=O)CCOC(C)C)CC1.Cl. The molecule has 0 unspecified atom stereocenters. The van der Waals surface area contributed by atoms with Crippen molar-refractivity contribution in [3.8, 4) is 0 Å². The normalized spacial score (nSPS) is 16.2. The number of rotatable bonds is 10. The van der Waals surface area contributed by atoms with Gasteiger partial charge in [-0.05, 0) is 52.6 Å². The van der Waals surface area contributed by atoms with E-state index in [2.05, 4.69) is 10.0 Å². The molecule has 1 aliphatic rings. The van der Waals surface area contributed by atoms with Gasteiger partial charge in [0.2, 0.25) is 15.9 Å². The molecule has 144 valence electrons. The number of sulfonamides is 1. The number of ether oxygens (including phenoxy) is 1. The number of piperidine rings is 1. The summed E-state index contributed by atoms with van der Waals surface area (Å²) in [6.45, 7) is 6.10. The van der Waals surface area contributed by atoms with Crippen LogP contribution in [0.15, 0.2) is 0 Å². The summed E-state index contributed by atoms with van der Waals surface area (Å²) in [7, 11) is -1.52. The highest BCUT2D eigenvalue weighted by molar-refractivity contribution is 7.89. The lowest BCUT2D eigenvalue weighted by Gasteiger charge is -2.32. The van der Waals surface area contributed by atoms with Crippen LogP contribution in [0.2, 0.25) is 0 Å². The van der Waals surface area contributed by atoms with Gasteiger partial charge in [0, 0.05) is 13.1 Å². The summed E-state index contributed by atoms with van der Waals surface area (Å²) in [6.07, 6.45) is 3.10. The van der Waals surface area contributed by atoms with E-state index < -0.39 is 10.0 Å². The lowest BCUT2D eigenvalue weighted by molar-refractivity contribution is -0.131. The highest BCUT2D eigenvalue weighted by Crippen LogP contribution is 2.19. The average Bonchev–Trinajstić information content (AvgIpc) is 2.50. The smallest absolute Gasteiger partial charge is 0.237 e. The summed E-state index contributed by atoms with van der Waals surface area (Å²) >= 11 is 0. The van der Waals surface area contributed by atoms with E-state index in [1.807, 2.05) is 20.9 Å². The third-order valence-electron chi connectivity index (χ3n) is 4.02. The molecule has 0 saturated carbocycles. The van der Waals surface area contributed by atoms with Gasteiger partial charge in [0.1, 0.15) is 0 Å². The third-order valence-corrected chi connectivity index (χ3v) is 5.30. The molecule has 24 heavy (non-hydrogen) atoms. The van der Waals surface area contributed by atoms with Gasteiger partial charge in [-0.25, -0.2) is 13.1 Å². The Labute approximate surface area is 152 Å². The molecule has 2 N–H and O–H groups in total. The molecule has 0 aliphatic carbocycles. The molecule has 0 spiro atoms. The monoisotopic (exact) mass is 385 g/mol. The molecular weight excluding hydrogens is 354 g/mol. The van der Waals surface area contributed by atoms with Crippen molar-refractivity contribution < 1.29 is 17.9 Å². The number of hydrogen-bond acceptors (Lipinski definition) is 5. The van der Waals surface area contributed by atoms with E-state index >= 15 is 0 Å². The van der Waals surface area contributed by atoms with E-state index in [1.165, 1.54) is 0 Å². The van der Waals surface area contributed by atoms with E-state index in [4.69, 9.17) is 4.74 Å². The van der Waals surface area contributed by atoms with Crippen molar-refractivity contribution in [3.05, 3.63) is 0 Å². The zero-order valence-corrected chi connectivity index (χ0v) is 16.5. The Morgan fingerprint density at radius 3 is 2.46 bits per heavy atom. The first-order chi connectivity index (χ1) is 10.8. The van der Waals surface area contributed by atoms with Crippen molar-refractivity contribution >= 4 is 28.3 Å². The molecule has 1 amide bonds. The van der Waals surface area contributed by atoms with Crippen LogP contribution in [0.3, 0.4) is 0 Å². The minimum Gasteiger partial charge on any atom is -0.378 e. The number of carbonyl (C=O) groups is 1. The number of nitrogens with zero attached hydrogens (tertiary/aromatic N) is 1. The van der Waals surface area contributed by atoms with Crippen molar-refractivity contribution in [1.82, 2.24) is 14.9 Å². The van der Waals surface area contributed by atoms with Gasteiger partial charge in [-0.2, -0.15) is 0 Å². The molecule has 0 aromatic rings.